The molecule has 3 fully saturated rings. The third-order valence-corrected chi connectivity index (χ3v) is 10.2. The summed E-state index contributed by atoms with van der Waals surface area (Å²) in [6.07, 6.45) is 11.4. The molecule has 1 amide bonds. The number of aryl methyl sites for hydroxylation is 1. The van der Waals surface area contributed by atoms with Crippen molar-refractivity contribution in [2.45, 2.75) is 115 Å². The molecule has 37 heavy (non-hydrogen) atoms. The lowest BCUT2D eigenvalue weighted by Crippen LogP contribution is -2.45. The first kappa shape index (κ1) is 25.2. The molecule has 2 aromatic heterocycles. The van der Waals surface area contributed by atoms with Crippen LogP contribution in [0.4, 0.5) is 0 Å². The van der Waals surface area contributed by atoms with Crippen LogP contribution in [-0.4, -0.2) is 51.0 Å². The zero-order valence-corrected chi connectivity index (χ0v) is 23.3. The van der Waals surface area contributed by atoms with E-state index in [2.05, 4.69) is 51.8 Å². The number of ether oxygens (including phenoxy) is 2. The van der Waals surface area contributed by atoms with Crippen LogP contribution in [0.3, 0.4) is 0 Å². The van der Waals surface area contributed by atoms with Crippen LogP contribution in [0.1, 0.15) is 113 Å². The largest absolute Gasteiger partial charge is 0.453 e. The van der Waals surface area contributed by atoms with Gasteiger partial charge in [-0.15, -0.1) is 10.2 Å². The molecule has 1 aliphatic carbocycles. The zero-order valence-electron chi connectivity index (χ0n) is 22.4. The molecule has 2 saturated heterocycles. The van der Waals surface area contributed by atoms with Gasteiger partial charge in [0, 0.05) is 47.4 Å². The van der Waals surface area contributed by atoms with E-state index in [-0.39, 0.29) is 17.9 Å². The summed E-state index contributed by atoms with van der Waals surface area (Å²) in [5.41, 5.74) is 0. The molecule has 0 aromatic carbocycles. The summed E-state index contributed by atoms with van der Waals surface area (Å²) in [6, 6.07) is 3.74. The van der Waals surface area contributed by atoms with E-state index in [1.807, 2.05) is 0 Å². The molecule has 1 saturated carbocycles. The Hall–Kier alpha value is -2.13. The van der Waals surface area contributed by atoms with Crippen LogP contribution in [0, 0.1) is 12.8 Å². The van der Waals surface area contributed by atoms with Crippen LogP contribution in [0.25, 0.3) is 0 Å². The van der Waals surface area contributed by atoms with Gasteiger partial charge in [0.25, 0.3) is 0 Å². The molecular formula is C28H41N5O3S. The molecule has 4 aliphatic rings. The number of piperidine rings is 1. The van der Waals surface area contributed by atoms with Crippen molar-refractivity contribution >= 4 is 17.2 Å². The highest BCUT2D eigenvalue weighted by Crippen LogP contribution is 2.45. The Morgan fingerprint density at radius 3 is 2.54 bits per heavy atom. The molecule has 5 heterocycles. The molecule has 3 aliphatic heterocycles. The zero-order chi connectivity index (χ0) is 25.5. The molecule has 1 N–H and O–H groups in total. The van der Waals surface area contributed by atoms with E-state index < -0.39 is 0 Å². The second kappa shape index (κ2) is 10.6. The van der Waals surface area contributed by atoms with Gasteiger partial charge in [-0.2, -0.15) is 0 Å². The van der Waals surface area contributed by atoms with Gasteiger partial charge in [-0.05, 0) is 51.9 Å². The summed E-state index contributed by atoms with van der Waals surface area (Å²) in [4.78, 5) is 17.1. The van der Waals surface area contributed by atoms with Crippen LogP contribution in [0.15, 0.2) is 6.07 Å². The molecule has 0 radical (unpaired) electrons. The molecule has 9 heteroatoms. The first-order valence-electron chi connectivity index (χ1n) is 14.3. The maximum atomic E-state index is 13.2. The van der Waals surface area contributed by atoms with Crippen molar-refractivity contribution in [3.8, 4) is 10.8 Å². The second-order valence-electron chi connectivity index (χ2n) is 11.8. The van der Waals surface area contributed by atoms with Gasteiger partial charge in [0.2, 0.25) is 17.8 Å². The summed E-state index contributed by atoms with van der Waals surface area (Å²) in [6.45, 7) is 7.81. The second-order valence-corrected chi connectivity index (χ2v) is 12.8. The van der Waals surface area contributed by atoms with Crippen LogP contribution >= 0.6 is 11.3 Å². The van der Waals surface area contributed by atoms with Crippen LogP contribution in [-0.2, 0) is 4.79 Å². The van der Waals surface area contributed by atoms with Crippen molar-refractivity contribution in [1.29, 1.82) is 0 Å². The van der Waals surface area contributed by atoms with Gasteiger partial charge in [-0.3, -0.25) is 9.69 Å². The Labute approximate surface area is 224 Å². The summed E-state index contributed by atoms with van der Waals surface area (Å²) >= 11 is 1.63. The molecule has 3 atom stereocenters. The number of thiophene rings is 1. The van der Waals surface area contributed by atoms with Crippen LogP contribution in [0.5, 0.6) is 10.8 Å². The normalized spacial score (nSPS) is 26.6. The first-order valence-corrected chi connectivity index (χ1v) is 15.2. The first-order chi connectivity index (χ1) is 18.0. The van der Waals surface area contributed by atoms with Gasteiger partial charge < -0.3 is 19.4 Å². The molecule has 2 unspecified atom stereocenters. The van der Waals surface area contributed by atoms with E-state index in [4.69, 9.17) is 9.47 Å². The van der Waals surface area contributed by atoms with Crippen LogP contribution < -0.4 is 14.8 Å². The molecular weight excluding hydrogens is 486 g/mol. The van der Waals surface area contributed by atoms with Gasteiger partial charge in [-0.25, -0.2) is 0 Å². The third-order valence-electron chi connectivity index (χ3n) is 9.04. The van der Waals surface area contributed by atoms with Crippen molar-refractivity contribution < 1.29 is 14.3 Å². The van der Waals surface area contributed by atoms with Gasteiger partial charge in [0.05, 0.1) is 6.04 Å². The Morgan fingerprint density at radius 2 is 1.84 bits per heavy atom. The maximum absolute atomic E-state index is 13.2. The number of rotatable bonds is 8. The third kappa shape index (κ3) is 5.01. The standard InChI is InChI=1S/C28H41N5O3S/c1-17(2)26-31-30-18(3)33(26)22-13-20-9-10-21(14-22)32(20)12-11-23(25-15-24-28(37-25)36-16-35-24)29-27(34)19-7-5-4-6-8-19/h15,17,19-23H,4-14,16H2,1-3H3,(H,29,34)/t20?,21?,22?,23-/m0/s1. The summed E-state index contributed by atoms with van der Waals surface area (Å²) < 4.78 is 13.7. The number of carbonyl (C=O) groups is 1. The highest BCUT2D eigenvalue weighted by Gasteiger charge is 2.42. The van der Waals surface area contributed by atoms with Gasteiger partial charge in [-0.1, -0.05) is 44.4 Å². The van der Waals surface area contributed by atoms with Crippen molar-refractivity contribution in [2.24, 2.45) is 5.92 Å². The fourth-order valence-corrected chi connectivity index (χ4v) is 8.19. The van der Waals surface area contributed by atoms with Gasteiger partial charge in [0.15, 0.2) is 5.75 Å². The lowest BCUT2D eigenvalue weighted by atomic mass is 9.88. The average molecular weight is 528 g/mol. The Bertz CT molecular complexity index is 1070. The molecule has 2 aromatic rings. The predicted molar refractivity (Wildman–Crippen MR) is 143 cm³/mol. The number of nitrogens with one attached hydrogen (secondary N) is 1. The highest BCUT2D eigenvalue weighted by molar-refractivity contribution is 7.14. The Balaban J connectivity index is 1.14. The average Bonchev–Trinajstić information content (AvgIpc) is 3.64. The lowest BCUT2D eigenvalue weighted by Gasteiger charge is -2.40. The van der Waals surface area contributed by atoms with E-state index in [9.17, 15) is 4.79 Å². The number of hydrogen-bond donors (Lipinski definition) is 1. The van der Waals surface area contributed by atoms with E-state index in [1.165, 1.54) is 32.1 Å². The Kier molecular flexibility index (Phi) is 7.18. The molecule has 2 bridgehead atoms. The van der Waals surface area contributed by atoms with E-state index in [0.29, 0.717) is 30.8 Å². The van der Waals surface area contributed by atoms with Gasteiger partial charge >= 0.3 is 0 Å². The summed E-state index contributed by atoms with van der Waals surface area (Å²) in [5.74, 6) is 3.75. The van der Waals surface area contributed by atoms with E-state index >= 15 is 0 Å². The summed E-state index contributed by atoms with van der Waals surface area (Å²) in [5, 5.41) is 13.2. The quantitative estimate of drug-likeness (QED) is 0.489. The van der Waals surface area contributed by atoms with Crippen molar-refractivity contribution in [1.82, 2.24) is 25.0 Å². The number of amides is 1. The number of fused-ring (bicyclic) bond motifs is 3. The molecule has 202 valence electrons. The minimum absolute atomic E-state index is 0.00184. The van der Waals surface area contributed by atoms with Crippen molar-refractivity contribution in [3.63, 3.8) is 0 Å². The number of aromatic nitrogens is 3. The lowest BCUT2D eigenvalue weighted by molar-refractivity contribution is -0.126. The Morgan fingerprint density at radius 1 is 1.08 bits per heavy atom. The van der Waals surface area contributed by atoms with Crippen molar-refractivity contribution in [2.75, 3.05) is 13.3 Å². The van der Waals surface area contributed by atoms with Gasteiger partial charge in [0.1, 0.15) is 11.6 Å². The number of hydrogen-bond acceptors (Lipinski definition) is 7. The minimum atomic E-state index is 0.00184. The fraction of sp³-hybridized carbons (Fsp3) is 0.750. The number of carbonyl (C=O) groups excluding carboxylic acids is 1. The minimum Gasteiger partial charge on any atom is -0.453 e. The topological polar surface area (TPSA) is 81.5 Å². The molecule has 8 nitrogen and oxygen atoms in total. The van der Waals surface area contributed by atoms with E-state index in [1.54, 1.807) is 11.3 Å². The summed E-state index contributed by atoms with van der Waals surface area (Å²) in [7, 11) is 0. The SMILES string of the molecule is Cc1nnc(C(C)C)n1C1CC2CCC(C1)N2CC[C@H](NC(=O)C1CCCCC1)c1cc2c(s1)OCO2. The molecule has 0 spiro atoms. The fourth-order valence-electron chi connectivity index (χ4n) is 7.16. The highest BCUT2D eigenvalue weighted by atomic mass is 32.1. The maximum Gasteiger partial charge on any atom is 0.232 e. The molecule has 6 rings (SSSR count). The van der Waals surface area contributed by atoms with Crippen LogP contribution in [0.2, 0.25) is 0 Å². The van der Waals surface area contributed by atoms with E-state index in [0.717, 1.165) is 66.0 Å². The number of nitrogens with zero attached hydrogens (tertiary/aromatic N) is 4. The smallest absolute Gasteiger partial charge is 0.232 e. The monoisotopic (exact) mass is 527 g/mol. The van der Waals surface area contributed by atoms with Crippen molar-refractivity contribution in [3.05, 3.63) is 22.6 Å². The predicted octanol–water partition coefficient (Wildman–Crippen LogP) is 5.50.